The van der Waals surface area contributed by atoms with Crippen molar-refractivity contribution >= 4 is 5.91 Å². The molecule has 1 fully saturated rings. The molecule has 0 spiro atoms. The molecule has 0 aromatic rings. The molecule has 0 aromatic carbocycles. The summed E-state index contributed by atoms with van der Waals surface area (Å²) in [5.74, 6) is 0.588. The zero-order chi connectivity index (χ0) is 12.7. The summed E-state index contributed by atoms with van der Waals surface area (Å²) in [5.41, 5.74) is 5.58. The highest BCUT2D eigenvalue weighted by molar-refractivity contribution is 5.73. The van der Waals surface area contributed by atoms with Crippen molar-refractivity contribution in [3.8, 4) is 0 Å². The Labute approximate surface area is 103 Å². The average Bonchev–Trinajstić information content (AvgIpc) is 2.25. The van der Waals surface area contributed by atoms with Crippen LogP contribution in [0.4, 0.5) is 0 Å². The van der Waals surface area contributed by atoms with Crippen molar-refractivity contribution in [2.75, 3.05) is 32.8 Å². The number of aliphatic hydroxyl groups is 1. The standard InChI is InChI=1S/C12H25N3O2/c1-10(17)14-12-7-11(3-2-6-16)8-15(9-12)5-4-13/h11-12,16H,2-9,13H2,1H3,(H,14,17). The topological polar surface area (TPSA) is 78.6 Å². The van der Waals surface area contributed by atoms with Gasteiger partial charge in [-0.25, -0.2) is 0 Å². The maximum atomic E-state index is 11.1. The fourth-order valence-corrected chi connectivity index (χ4v) is 2.65. The molecule has 0 aliphatic carbocycles. The summed E-state index contributed by atoms with van der Waals surface area (Å²) in [7, 11) is 0. The van der Waals surface area contributed by atoms with Gasteiger partial charge in [-0.2, -0.15) is 0 Å². The Hall–Kier alpha value is -0.650. The summed E-state index contributed by atoms with van der Waals surface area (Å²) in [6.45, 7) is 5.27. The average molecular weight is 243 g/mol. The van der Waals surface area contributed by atoms with Crippen LogP contribution in [0.25, 0.3) is 0 Å². The maximum Gasteiger partial charge on any atom is 0.217 e. The van der Waals surface area contributed by atoms with Gasteiger partial charge in [0.15, 0.2) is 0 Å². The molecule has 1 heterocycles. The maximum absolute atomic E-state index is 11.1. The lowest BCUT2D eigenvalue weighted by Gasteiger charge is -2.38. The summed E-state index contributed by atoms with van der Waals surface area (Å²) >= 11 is 0. The van der Waals surface area contributed by atoms with Crippen LogP contribution in [0.3, 0.4) is 0 Å². The molecule has 1 amide bonds. The first-order valence-corrected chi connectivity index (χ1v) is 6.46. The fourth-order valence-electron chi connectivity index (χ4n) is 2.65. The van der Waals surface area contributed by atoms with Crippen molar-refractivity contribution < 1.29 is 9.90 Å². The Kier molecular flexibility index (Phi) is 6.47. The second-order valence-electron chi connectivity index (χ2n) is 4.91. The molecule has 2 atom stereocenters. The van der Waals surface area contributed by atoms with E-state index in [4.69, 9.17) is 10.8 Å². The summed E-state index contributed by atoms with van der Waals surface area (Å²) < 4.78 is 0. The van der Waals surface area contributed by atoms with Crippen LogP contribution in [0.15, 0.2) is 0 Å². The van der Waals surface area contributed by atoms with E-state index in [1.54, 1.807) is 6.92 Å². The number of nitrogens with one attached hydrogen (secondary N) is 1. The van der Waals surface area contributed by atoms with E-state index in [-0.39, 0.29) is 18.6 Å². The number of carbonyl (C=O) groups is 1. The van der Waals surface area contributed by atoms with E-state index in [0.717, 1.165) is 38.9 Å². The van der Waals surface area contributed by atoms with Crippen LogP contribution in [0, 0.1) is 5.92 Å². The molecule has 1 aliphatic heterocycles. The number of aliphatic hydroxyl groups excluding tert-OH is 1. The SMILES string of the molecule is CC(=O)NC1CC(CCCO)CN(CCN)C1. The van der Waals surface area contributed by atoms with Crippen molar-refractivity contribution in [1.82, 2.24) is 10.2 Å². The van der Waals surface area contributed by atoms with Gasteiger partial charge >= 0.3 is 0 Å². The molecule has 100 valence electrons. The molecule has 4 N–H and O–H groups in total. The lowest BCUT2D eigenvalue weighted by Crippen LogP contribution is -2.51. The molecule has 0 saturated carbocycles. The number of carbonyl (C=O) groups excluding carboxylic acids is 1. The Balaban J connectivity index is 2.46. The predicted molar refractivity (Wildman–Crippen MR) is 67.5 cm³/mol. The normalized spacial score (nSPS) is 25.8. The van der Waals surface area contributed by atoms with Gasteiger partial charge in [0, 0.05) is 45.8 Å². The number of piperidine rings is 1. The summed E-state index contributed by atoms with van der Waals surface area (Å²) in [6, 6.07) is 0.233. The molecule has 1 rings (SSSR count). The second-order valence-corrected chi connectivity index (χ2v) is 4.91. The van der Waals surface area contributed by atoms with Gasteiger partial charge < -0.3 is 16.2 Å². The van der Waals surface area contributed by atoms with E-state index in [9.17, 15) is 4.79 Å². The number of nitrogens with two attached hydrogens (primary N) is 1. The zero-order valence-corrected chi connectivity index (χ0v) is 10.7. The van der Waals surface area contributed by atoms with Gasteiger partial charge in [-0.05, 0) is 25.2 Å². The van der Waals surface area contributed by atoms with Gasteiger partial charge in [0.1, 0.15) is 0 Å². The van der Waals surface area contributed by atoms with Crippen LogP contribution >= 0.6 is 0 Å². The van der Waals surface area contributed by atoms with Crippen LogP contribution in [0.1, 0.15) is 26.2 Å². The number of rotatable bonds is 6. The minimum absolute atomic E-state index is 0.0329. The smallest absolute Gasteiger partial charge is 0.217 e. The Morgan fingerprint density at radius 3 is 2.88 bits per heavy atom. The van der Waals surface area contributed by atoms with Crippen molar-refractivity contribution in [3.63, 3.8) is 0 Å². The first kappa shape index (κ1) is 14.4. The quantitative estimate of drug-likeness (QED) is 0.590. The zero-order valence-electron chi connectivity index (χ0n) is 10.7. The van der Waals surface area contributed by atoms with Gasteiger partial charge in [0.2, 0.25) is 5.91 Å². The number of hydrogen-bond acceptors (Lipinski definition) is 4. The summed E-state index contributed by atoms with van der Waals surface area (Å²) in [4.78, 5) is 13.4. The van der Waals surface area contributed by atoms with E-state index in [0.29, 0.717) is 12.5 Å². The van der Waals surface area contributed by atoms with Crippen molar-refractivity contribution in [2.24, 2.45) is 11.7 Å². The second kappa shape index (κ2) is 7.63. The van der Waals surface area contributed by atoms with Gasteiger partial charge in [0.25, 0.3) is 0 Å². The molecule has 0 aromatic heterocycles. The number of likely N-dealkylation sites (tertiary alicyclic amines) is 1. The van der Waals surface area contributed by atoms with Crippen molar-refractivity contribution in [1.29, 1.82) is 0 Å². The van der Waals surface area contributed by atoms with Crippen LogP contribution in [-0.2, 0) is 4.79 Å². The minimum Gasteiger partial charge on any atom is -0.396 e. The Morgan fingerprint density at radius 1 is 1.53 bits per heavy atom. The monoisotopic (exact) mass is 243 g/mol. The summed E-state index contributed by atoms with van der Waals surface area (Å²) in [6.07, 6.45) is 2.88. The third-order valence-corrected chi connectivity index (χ3v) is 3.24. The van der Waals surface area contributed by atoms with Crippen LogP contribution in [0.2, 0.25) is 0 Å². The number of amides is 1. The van der Waals surface area contributed by atoms with Gasteiger partial charge in [-0.15, -0.1) is 0 Å². The minimum atomic E-state index is 0.0329. The molecule has 5 nitrogen and oxygen atoms in total. The highest BCUT2D eigenvalue weighted by Crippen LogP contribution is 2.21. The van der Waals surface area contributed by atoms with E-state index >= 15 is 0 Å². The Morgan fingerprint density at radius 2 is 2.29 bits per heavy atom. The van der Waals surface area contributed by atoms with Crippen LogP contribution < -0.4 is 11.1 Å². The summed E-state index contributed by atoms with van der Waals surface area (Å²) in [5, 5.41) is 11.9. The Bertz CT molecular complexity index is 236. The van der Waals surface area contributed by atoms with Crippen LogP contribution in [0.5, 0.6) is 0 Å². The first-order chi connectivity index (χ1) is 8.15. The van der Waals surface area contributed by atoms with Gasteiger partial charge in [-0.3, -0.25) is 9.69 Å². The molecule has 0 bridgehead atoms. The van der Waals surface area contributed by atoms with Gasteiger partial charge in [0.05, 0.1) is 0 Å². The molecular weight excluding hydrogens is 218 g/mol. The predicted octanol–water partition coefficient (Wildman–Crippen LogP) is -0.456. The third kappa shape index (κ3) is 5.48. The molecule has 0 radical (unpaired) electrons. The van der Waals surface area contributed by atoms with Gasteiger partial charge in [-0.1, -0.05) is 0 Å². The molecular formula is C12H25N3O2. The van der Waals surface area contributed by atoms with E-state index < -0.39 is 0 Å². The third-order valence-electron chi connectivity index (χ3n) is 3.24. The van der Waals surface area contributed by atoms with Crippen molar-refractivity contribution in [2.45, 2.75) is 32.2 Å². The first-order valence-electron chi connectivity index (χ1n) is 6.46. The number of hydrogen-bond donors (Lipinski definition) is 3. The molecule has 2 unspecified atom stereocenters. The largest absolute Gasteiger partial charge is 0.396 e. The fraction of sp³-hybridized carbons (Fsp3) is 0.917. The molecule has 1 saturated heterocycles. The lowest BCUT2D eigenvalue weighted by molar-refractivity contribution is -0.120. The number of nitrogens with zero attached hydrogens (tertiary/aromatic N) is 1. The van der Waals surface area contributed by atoms with Crippen molar-refractivity contribution in [3.05, 3.63) is 0 Å². The highest BCUT2D eigenvalue weighted by Gasteiger charge is 2.26. The molecule has 5 heteroatoms. The molecule has 1 aliphatic rings. The van der Waals surface area contributed by atoms with E-state index in [2.05, 4.69) is 10.2 Å². The highest BCUT2D eigenvalue weighted by atomic mass is 16.2. The van der Waals surface area contributed by atoms with Crippen LogP contribution in [-0.4, -0.2) is 54.7 Å². The molecule has 17 heavy (non-hydrogen) atoms. The van der Waals surface area contributed by atoms with E-state index in [1.807, 2.05) is 0 Å². The lowest BCUT2D eigenvalue weighted by atomic mass is 9.90. The van der Waals surface area contributed by atoms with E-state index in [1.165, 1.54) is 0 Å².